The lowest BCUT2D eigenvalue weighted by Crippen LogP contribution is -2.21. The van der Waals surface area contributed by atoms with E-state index < -0.39 is 0 Å². The molecule has 0 aliphatic heterocycles. The summed E-state index contributed by atoms with van der Waals surface area (Å²) in [5.41, 5.74) is 7.59. The SMILES string of the molecule is CC1CCCC(OCc2ccc(C#CCN)cc2)C1. The predicted molar refractivity (Wildman–Crippen MR) is 78.6 cm³/mol. The third-order valence-electron chi connectivity index (χ3n) is 3.66. The Balaban J connectivity index is 1.82. The van der Waals surface area contributed by atoms with Crippen LogP contribution in [0.4, 0.5) is 0 Å². The predicted octanol–water partition coefficient (Wildman–Crippen LogP) is 3.09. The summed E-state index contributed by atoms with van der Waals surface area (Å²) in [7, 11) is 0. The molecule has 0 bridgehead atoms. The van der Waals surface area contributed by atoms with Crippen LogP contribution in [0.25, 0.3) is 0 Å². The number of rotatable bonds is 3. The van der Waals surface area contributed by atoms with Gasteiger partial charge in [0.05, 0.1) is 19.3 Å². The molecule has 2 nitrogen and oxygen atoms in total. The summed E-state index contributed by atoms with van der Waals surface area (Å²) >= 11 is 0. The van der Waals surface area contributed by atoms with E-state index in [1.807, 2.05) is 12.1 Å². The molecule has 1 aromatic rings. The molecule has 0 spiro atoms. The van der Waals surface area contributed by atoms with Gasteiger partial charge in [0.1, 0.15) is 0 Å². The van der Waals surface area contributed by atoms with Crippen LogP contribution in [-0.2, 0) is 11.3 Å². The van der Waals surface area contributed by atoms with Crippen molar-refractivity contribution in [1.29, 1.82) is 0 Å². The van der Waals surface area contributed by atoms with E-state index in [0.29, 0.717) is 19.3 Å². The van der Waals surface area contributed by atoms with Gasteiger partial charge in [0.25, 0.3) is 0 Å². The number of benzene rings is 1. The summed E-state index contributed by atoms with van der Waals surface area (Å²) in [5.74, 6) is 6.70. The van der Waals surface area contributed by atoms with Crippen molar-refractivity contribution in [3.8, 4) is 11.8 Å². The van der Waals surface area contributed by atoms with Crippen molar-refractivity contribution in [2.45, 2.75) is 45.3 Å². The fraction of sp³-hybridized carbons (Fsp3) is 0.529. The van der Waals surface area contributed by atoms with Gasteiger partial charge in [0.2, 0.25) is 0 Å². The Morgan fingerprint density at radius 1 is 1.26 bits per heavy atom. The summed E-state index contributed by atoms with van der Waals surface area (Å²) < 4.78 is 6.00. The maximum absolute atomic E-state index is 6.00. The van der Waals surface area contributed by atoms with E-state index in [9.17, 15) is 0 Å². The van der Waals surface area contributed by atoms with Crippen LogP contribution >= 0.6 is 0 Å². The van der Waals surface area contributed by atoms with Gasteiger partial charge in [0.15, 0.2) is 0 Å². The van der Waals surface area contributed by atoms with Crippen LogP contribution in [0.5, 0.6) is 0 Å². The molecule has 0 saturated heterocycles. The number of hydrogen-bond acceptors (Lipinski definition) is 2. The Kier molecular flexibility index (Phi) is 5.44. The Labute approximate surface area is 116 Å². The summed E-state index contributed by atoms with van der Waals surface area (Å²) in [4.78, 5) is 0. The second-order valence-electron chi connectivity index (χ2n) is 5.41. The van der Waals surface area contributed by atoms with E-state index in [2.05, 4.69) is 30.9 Å². The molecular weight excluding hydrogens is 234 g/mol. The fourth-order valence-corrected chi connectivity index (χ4v) is 2.58. The molecule has 1 aliphatic rings. The molecule has 1 saturated carbocycles. The molecule has 102 valence electrons. The second kappa shape index (κ2) is 7.33. The van der Waals surface area contributed by atoms with Gasteiger partial charge in [-0.2, -0.15) is 0 Å². The highest BCUT2D eigenvalue weighted by Crippen LogP contribution is 2.26. The largest absolute Gasteiger partial charge is 0.374 e. The van der Waals surface area contributed by atoms with Crippen LogP contribution in [0.3, 0.4) is 0 Å². The molecule has 2 unspecified atom stereocenters. The topological polar surface area (TPSA) is 35.2 Å². The van der Waals surface area contributed by atoms with E-state index in [1.54, 1.807) is 0 Å². The van der Waals surface area contributed by atoms with E-state index in [1.165, 1.54) is 31.2 Å². The first kappa shape index (κ1) is 14.1. The minimum absolute atomic E-state index is 0.407. The van der Waals surface area contributed by atoms with Gasteiger partial charge in [-0.15, -0.1) is 0 Å². The van der Waals surface area contributed by atoms with Crippen LogP contribution in [0.15, 0.2) is 24.3 Å². The second-order valence-corrected chi connectivity index (χ2v) is 5.41. The summed E-state index contributed by atoms with van der Waals surface area (Å²) in [6.45, 7) is 3.44. The van der Waals surface area contributed by atoms with Crippen molar-refractivity contribution in [3.05, 3.63) is 35.4 Å². The lowest BCUT2D eigenvalue weighted by atomic mass is 9.89. The molecular formula is C17H23NO. The maximum Gasteiger partial charge on any atom is 0.0720 e. The van der Waals surface area contributed by atoms with Crippen molar-refractivity contribution in [2.24, 2.45) is 11.7 Å². The normalized spacial score (nSPS) is 22.6. The molecule has 0 amide bonds. The monoisotopic (exact) mass is 257 g/mol. The van der Waals surface area contributed by atoms with Crippen molar-refractivity contribution in [2.75, 3.05) is 6.54 Å². The average Bonchev–Trinajstić information content (AvgIpc) is 2.44. The molecule has 1 fully saturated rings. The van der Waals surface area contributed by atoms with E-state index in [-0.39, 0.29) is 0 Å². The molecule has 1 aliphatic carbocycles. The van der Waals surface area contributed by atoms with E-state index in [4.69, 9.17) is 10.5 Å². The number of hydrogen-bond donors (Lipinski definition) is 1. The van der Waals surface area contributed by atoms with Gasteiger partial charge in [-0.1, -0.05) is 43.7 Å². The van der Waals surface area contributed by atoms with Crippen molar-refractivity contribution < 1.29 is 4.74 Å². The highest BCUT2D eigenvalue weighted by atomic mass is 16.5. The summed E-state index contributed by atoms with van der Waals surface area (Å²) in [6.07, 6.45) is 5.53. The first-order valence-electron chi connectivity index (χ1n) is 7.17. The Bertz CT molecular complexity index is 441. The molecule has 2 rings (SSSR count). The lowest BCUT2D eigenvalue weighted by Gasteiger charge is -2.26. The van der Waals surface area contributed by atoms with Crippen LogP contribution < -0.4 is 5.73 Å². The molecule has 19 heavy (non-hydrogen) atoms. The molecule has 0 heterocycles. The van der Waals surface area contributed by atoms with Crippen LogP contribution in [0, 0.1) is 17.8 Å². The first-order valence-corrected chi connectivity index (χ1v) is 7.17. The molecule has 2 N–H and O–H groups in total. The molecule has 2 heteroatoms. The van der Waals surface area contributed by atoms with Gasteiger partial charge >= 0.3 is 0 Å². The highest BCUT2D eigenvalue weighted by Gasteiger charge is 2.18. The minimum atomic E-state index is 0.407. The van der Waals surface area contributed by atoms with Crippen molar-refractivity contribution in [3.63, 3.8) is 0 Å². The maximum atomic E-state index is 6.00. The van der Waals surface area contributed by atoms with Crippen LogP contribution in [0.1, 0.15) is 43.7 Å². The zero-order chi connectivity index (χ0) is 13.5. The van der Waals surface area contributed by atoms with Gasteiger partial charge in [-0.25, -0.2) is 0 Å². The van der Waals surface area contributed by atoms with E-state index >= 15 is 0 Å². The summed E-state index contributed by atoms with van der Waals surface area (Å²) in [5, 5.41) is 0. The minimum Gasteiger partial charge on any atom is -0.374 e. The number of ether oxygens (including phenoxy) is 1. The molecule has 1 aromatic carbocycles. The Morgan fingerprint density at radius 2 is 2.05 bits per heavy atom. The highest BCUT2D eigenvalue weighted by molar-refractivity contribution is 5.36. The zero-order valence-electron chi connectivity index (χ0n) is 11.7. The quantitative estimate of drug-likeness (QED) is 0.845. The molecule has 2 atom stereocenters. The van der Waals surface area contributed by atoms with Crippen molar-refractivity contribution in [1.82, 2.24) is 0 Å². The van der Waals surface area contributed by atoms with Gasteiger partial charge < -0.3 is 10.5 Å². The standard InChI is InChI=1S/C17H23NO/c1-14-4-2-6-17(12-14)19-13-16-9-7-15(8-10-16)5-3-11-18/h7-10,14,17H,2,4,6,11-13,18H2,1H3. The zero-order valence-corrected chi connectivity index (χ0v) is 11.7. The van der Waals surface area contributed by atoms with Gasteiger partial charge in [-0.3, -0.25) is 0 Å². The average molecular weight is 257 g/mol. The molecule has 0 radical (unpaired) electrons. The van der Waals surface area contributed by atoms with Crippen LogP contribution in [-0.4, -0.2) is 12.6 Å². The van der Waals surface area contributed by atoms with Gasteiger partial charge in [-0.05, 0) is 36.5 Å². The summed E-state index contributed by atoms with van der Waals surface area (Å²) in [6, 6.07) is 8.25. The van der Waals surface area contributed by atoms with Crippen LogP contribution in [0.2, 0.25) is 0 Å². The Hall–Kier alpha value is -1.30. The van der Waals surface area contributed by atoms with E-state index in [0.717, 1.165) is 11.5 Å². The smallest absolute Gasteiger partial charge is 0.0720 e. The Morgan fingerprint density at radius 3 is 2.74 bits per heavy atom. The lowest BCUT2D eigenvalue weighted by molar-refractivity contribution is 0.00467. The third-order valence-corrected chi connectivity index (χ3v) is 3.66. The molecule has 0 aromatic heterocycles. The fourth-order valence-electron chi connectivity index (χ4n) is 2.58. The third kappa shape index (κ3) is 4.70. The van der Waals surface area contributed by atoms with Gasteiger partial charge in [0, 0.05) is 5.56 Å². The number of nitrogens with two attached hydrogens (primary N) is 1. The van der Waals surface area contributed by atoms with Crippen molar-refractivity contribution >= 4 is 0 Å². The first-order chi connectivity index (χ1) is 9.28.